The van der Waals surface area contributed by atoms with E-state index in [2.05, 4.69) is 34.1 Å². The molecule has 97 valence electrons. The molecular formula is C16H33. The molecule has 0 saturated carbocycles. The van der Waals surface area contributed by atoms with Gasteiger partial charge in [-0.05, 0) is 31.1 Å². The van der Waals surface area contributed by atoms with Gasteiger partial charge in [0, 0.05) is 0 Å². The molecule has 0 aromatic carbocycles. The fourth-order valence-corrected chi connectivity index (χ4v) is 2.20. The van der Waals surface area contributed by atoms with E-state index < -0.39 is 0 Å². The van der Waals surface area contributed by atoms with Crippen LogP contribution >= 0.6 is 0 Å². The maximum atomic E-state index is 2.54. The summed E-state index contributed by atoms with van der Waals surface area (Å²) in [4.78, 5) is 0. The predicted molar refractivity (Wildman–Crippen MR) is 75.5 cm³/mol. The number of unbranched alkanes of at least 4 members (excludes halogenated alkanes) is 3. The van der Waals surface area contributed by atoms with Gasteiger partial charge in [-0.25, -0.2) is 0 Å². The first-order valence-electron chi connectivity index (χ1n) is 7.52. The molecule has 1 radical (unpaired) electrons. The van der Waals surface area contributed by atoms with Gasteiger partial charge in [-0.1, -0.05) is 72.6 Å². The zero-order chi connectivity index (χ0) is 12.2. The average molecular weight is 225 g/mol. The second-order valence-electron chi connectivity index (χ2n) is 5.61. The summed E-state index contributed by atoms with van der Waals surface area (Å²) in [5.74, 6) is 1.81. The van der Waals surface area contributed by atoms with E-state index >= 15 is 0 Å². The summed E-state index contributed by atoms with van der Waals surface area (Å²) in [6.45, 7) is 9.37. The van der Waals surface area contributed by atoms with Crippen LogP contribution in [0.15, 0.2) is 0 Å². The van der Waals surface area contributed by atoms with Crippen LogP contribution < -0.4 is 0 Å². The van der Waals surface area contributed by atoms with Crippen molar-refractivity contribution in [2.24, 2.45) is 11.8 Å². The van der Waals surface area contributed by atoms with Crippen molar-refractivity contribution in [2.45, 2.75) is 85.5 Å². The Morgan fingerprint density at radius 2 is 1.25 bits per heavy atom. The van der Waals surface area contributed by atoms with Crippen LogP contribution in [0.5, 0.6) is 0 Å². The topological polar surface area (TPSA) is 0 Å². The summed E-state index contributed by atoms with van der Waals surface area (Å²) in [5, 5.41) is 0. The highest BCUT2D eigenvalue weighted by atomic mass is 14.1. The molecule has 16 heavy (non-hydrogen) atoms. The first-order valence-corrected chi connectivity index (χ1v) is 7.52. The number of hydrogen-bond acceptors (Lipinski definition) is 0. The second kappa shape index (κ2) is 11.5. The molecule has 0 aliphatic carbocycles. The standard InChI is InChI=1S/C16H33/c1-5-7-9-12-16(4)14-10-13-15(3)11-8-6-2/h10,15-16H,5-9,11-14H2,1-4H3. The molecule has 0 N–H and O–H groups in total. The maximum absolute atomic E-state index is 2.54. The lowest BCUT2D eigenvalue weighted by atomic mass is 9.93. The molecule has 0 fully saturated rings. The van der Waals surface area contributed by atoms with E-state index in [0.717, 1.165) is 11.8 Å². The van der Waals surface area contributed by atoms with Crippen LogP contribution in [0.3, 0.4) is 0 Å². The molecule has 0 aromatic rings. The van der Waals surface area contributed by atoms with Crippen LogP contribution in [-0.4, -0.2) is 0 Å². The van der Waals surface area contributed by atoms with Crippen molar-refractivity contribution >= 4 is 0 Å². The van der Waals surface area contributed by atoms with Gasteiger partial charge in [0.15, 0.2) is 0 Å². The largest absolute Gasteiger partial charge is 0.0654 e. The summed E-state index contributed by atoms with van der Waals surface area (Å²) in [5.41, 5.74) is 0. The Morgan fingerprint density at radius 3 is 1.75 bits per heavy atom. The van der Waals surface area contributed by atoms with Crippen LogP contribution in [-0.2, 0) is 0 Å². The Kier molecular flexibility index (Phi) is 11.5. The van der Waals surface area contributed by atoms with Crippen molar-refractivity contribution in [3.8, 4) is 0 Å². The molecule has 0 rings (SSSR count). The minimum absolute atomic E-state index is 0.905. The summed E-state index contributed by atoms with van der Waals surface area (Å²) < 4.78 is 0. The lowest BCUT2D eigenvalue weighted by molar-refractivity contribution is 0.449. The minimum Gasteiger partial charge on any atom is -0.0654 e. The third kappa shape index (κ3) is 10.5. The molecule has 0 nitrogen and oxygen atoms in total. The summed E-state index contributed by atoms with van der Waals surface area (Å²) >= 11 is 0. The van der Waals surface area contributed by atoms with Crippen molar-refractivity contribution < 1.29 is 0 Å². The molecular weight excluding hydrogens is 192 g/mol. The van der Waals surface area contributed by atoms with E-state index in [1.807, 2.05) is 0 Å². The van der Waals surface area contributed by atoms with E-state index in [9.17, 15) is 0 Å². The van der Waals surface area contributed by atoms with Gasteiger partial charge in [0.1, 0.15) is 0 Å². The monoisotopic (exact) mass is 225 g/mol. The van der Waals surface area contributed by atoms with Gasteiger partial charge in [-0.3, -0.25) is 0 Å². The third-order valence-electron chi connectivity index (χ3n) is 3.49. The van der Waals surface area contributed by atoms with E-state index in [0.29, 0.717) is 0 Å². The molecule has 0 aliphatic rings. The van der Waals surface area contributed by atoms with Gasteiger partial charge in [0.2, 0.25) is 0 Å². The Labute approximate surface area is 104 Å². The highest BCUT2D eigenvalue weighted by Gasteiger charge is 2.05. The van der Waals surface area contributed by atoms with Crippen LogP contribution in [0.25, 0.3) is 0 Å². The van der Waals surface area contributed by atoms with E-state index in [1.165, 1.54) is 57.8 Å². The van der Waals surface area contributed by atoms with E-state index in [-0.39, 0.29) is 0 Å². The van der Waals surface area contributed by atoms with Gasteiger partial charge in [0.25, 0.3) is 0 Å². The lowest BCUT2D eigenvalue weighted by Gasteiger charge is -2.13. The molecule has 2 unspecified atom stereocenters. The highest BCUT2D eigenvalue weighted by Crippen LogP contribution is 2.19. The van der Waals surface area contributed by atoms with Gasteiger partial charge in [-0.2, -0.15) is 0 Å². The highest BCUT2D eigenvalue weighted by molar-refractivity contribution is 4.72. The SMILES string of the molecule is CCCCCC(C)C[CH]CC(C)CCCC. The lowest BCUT2D eigenvalue weighted by Crippen LogP contribution is -1.99. The molecule has 2 atom stereocenters. The van der Waals surface area contributed by atoms with E-state index in [4.69, 9.17) is 0 Å². The van der Waals surface area contributed by atoms with Gasteiger partial charge >= 0.3 is 0 Å². The smallest absolute Gasteiger partial charge is 0.0381 e. The normalized spacial score (nSPS) is 15.0. The molecule has 0 heterocycles. The van der Waals surface area contributed by atoms with Crippen molar-refractivity contribution in [3.63, 3.8) is 0 Å². The van der Waals surface area contributed by atoms with Gasteiger partial charge < -0.3 is 0 Å². The van der Waals surface area contributed by atoms with Crippen LogP contribution in [0.1, 0.15) is 85.5 Å². The van der Waals surface area contributed by atoms with Crippen molar-refractivity contribution in [1.29, 1.82) is 0 Å². The first-order chi connectivity index (χ1) is 7.70. The van der Waals surface area contributed by atoms with Crippen molar-refractivity contribution in [2.75, 3.05) is 0 Å². The molecule has 0 saturated heterocycles. The maximum Gasteiger partial charge on any atom is -0.0381 e. The van der Waals surface area contributed by atoms with Gasteiger partial charge in [0.05, 0.1) is 0 Å². The third-order valence-corrected chi connectivity index (χ3v) is 3.49. The number of rotatable bonds is 11. The molecule has 0 aliphatic heterocycles. The summed E-state index contributed by atoms with van der Waals surface area (Å²) in [6.07, 6.45) is 15.0. The quantitative estimate of drug-likeness (QED) is 0.377. The van der Waals surface area contributed by atoms with Crippen molar-refractivity contribution in [1.82, 2.24) is 0 Å². The van der Waals surface area contributed by atoms with E-state index in [1.54, 1.807) is 0 Å². The van der Waals surface area contributed by atoms with Gasteiger partial charge in [-0.15, -0.1) is 0 Å². The minimum atomic E-state index is 0.905. The Hall–Kier alpha value is 0. The van der Waals surface area contributed by atoms with Crippen LogP contribution in [0.4, 0.5) is 0 Å². The average Bonchev–Trinajstić information content (AvgIpc) is 2.26. The summed E-state index contributed by atoms with van der Waals surface area (Å²) in [7, 11) is 0. The molecule has 0 aromatic heterocycles. The fourth-order valence-electron chi connectivity index (χ4n) is 2.20. The molecule has 0 amide bonds. The zero-order valence-corrected chi connectivity index (χ0v) is 12.1. The Balaban J connectivity index is 3.28. The summed E-state index contributed by atoms with van der Waals surface area (Å²) in [6, 6.07) is 0. The van der Waals surface area contributed by atoms with Crippen LogP contribution in [0.2, 0.25) is 0 Å². The molecule has 0 bridgehead atoms. The Bertz CT molecular complexity index is 128. The van der Waals surface area contributed by atoms with Crippen LogP contribution in [0, 0.1) is 18.3 Å². The second-order valence-corrected chi connectivity index (χ2v) is 5.61. The molecule has 0 heteroatoms. The predicted octanol–water partition coefficient (Wildman–Crippen LogP) is 6.01. The number of hydrogen-bond donors (Lipinski definition) is 0. The Morgan fingerprint density at radius 1 is 0.750 bits per heavy atom. The van der Waals surface area contributed by atoms with Crippen molar-refractivity contribution in [3.05, 3.63) is 6.42 Å². The fraction of sp³-hybridized carbons (Fsp3) is 0.938. The zero-order valence-electron chi connectivity index (χ0n) is 12.1. The first kappa shape index (κ1) is 16.0. The molecule has 0 spiro atoms.